The molecule has 0 fully saturated rings. The van der Waals surface area contributed by atoms with Crippen LogP contribution < -0.4 is 14.8 Å². The molecule has 0 aromatic heterocycles. The molecule has 3 nitrogen and oxygen atoms in total. The van der Waals surface area contributed by atoms with Crippen LogP contribution in [0.2, 0.25) is 0 Å². The van der Waals surface area contributed by atoms with E-state index >= 15 is 0 Å². The minimum atomic E-state index is 0.522. The largest absolute Gasteiger partial charge is 0.493 e. The number of hydrogen-bond acceptors (Lipinski definition) is 2. The molecule has 3 heteroatoms. The standard InChI is InChI=1S/C12H17NO2/c1-8-10-7-12(15-3)11(14-2)6-9(10)4-5-13-8/h6-8,13H,4-5H2,1-3H3/p+1/t8-/m0/s1. The molecule has 1 aromatic rings. The molecule has 1 heterocycles. The summed E-state index contributed by atoms with van der Waals surface area (Å²) in [6.45, 7) is 3.38. The van der Waals surface area contributed by atoms with Crippen LogP contribution in [0.25, 0.3) is 0 Å². The van der Waals surface area contributed by atoms with E-state index < -0.39 is 0 Å². The van der Waals surface area contributed by atoms with Crippen molar-refractivity contribution >= 4 is 0 Å². The molecule has 0 bridgehead atoms. The zero-order valence-electron chi connectivity index (χ0n) is 9.54. The van der Waals surface area contributed by atoms with E-state index in [1.165, 1.54) is 11.1 Å². The molecular weight excluding hydrogens is 190 g/mol. The van der Waals surface area contributed by atoms with Crippen LogP contribution in [0.4, 0.5) is 0 Å². The molecule has 1 aliphatic heterocycles. The summed E-state index contributed by atoms with van der Waals surface area (Å²) in [4.78, 5) is 0. The van der Waals surface area contributed by atoms with E-state index in [0.717, 1.165) is 24.5 Å². The van der Waals surface area contributed by atoms with E-state index in [1.807, 2.05) is 0 Å². The van der Waals surface area contributed by atoms with Gasteiger partial charge < -0.3 is 14.8 Å². The summed E-state index contributed by atoms with van der Waals surface area (Å²) < 4.78 is 10.6. The summed E-state index contributed by atoms with van der Waals surface area (Å²) in [5.74, 6) is 1.67. The van der Waals surface area contributed by atoms with Gasteiger partial charge in [0.2, 0.25) is 0 Å². The van der Waals surface area contributed by atoms with Gasteiger partial charge in [0.15, 0.2) is 11.5 Å². The second kappa shape index (κ2) is 4.11. The summed E-state index contributed by atoms with van der Waals surface area (Å²) in [7, 11) is 3.37. The number of fused-ring (bicyclic) bond motifs is 1. The zero-order chi connectivity index (χ0) is 10.8. The van der Waals surface area contributed by atoms with Crippen LogP contribution in [0.15, 0.2) is 12.1 Å². The van der Waals surface area contributed by atoms with Crippen molar-refractivity contribution in [2.24, 2.45) is 0 Å². The third-order valence-corrected chi connectivity index (χ3v) is 3.07. The van der Waals surface area contributed by atoms with Crippen molar-refractivity contribution in [1.82, 2.24) is 0 Å². The van der Waals surface area contributed by atoms with Crippen molar-refractivity contribution in [3.05, 3.63) is 23.3 Å². The van der Waals surface area contributed by atoms with Crippen LogP contribution in [0, 0.1) is 0 Å². The molecule has 0 saturated heterocycles. The fourth-order valence-corrected chi connectivity index (χ4v) is 2.19. The zero-order valence-corrected chi connectivity index (χ0v) is 9.54. The number of benzene rings is 1. The number of nitrogens with two attached hydrogens (primary N) is 1. The quantitative estimate of drug-likeness (QED) is 0.783. The normalized spacial score (nSPS) is 19.5. The predicted molar refractivity (Wildman–Crippen MR) is 58.5 cm³/mol. The molecule has 1 aliphatic rings. The van der Waals surface area contributed by atoms with Gasteiger partial charge in [-0.2, -0.15) is 0 Å². The van der Waals surface area contributed by atoms with Gasteiger partial charge in [-0.05, 0) is 24.6 Å². The molecule has 15 heavy (non-hydrogen) atoms. The maximum Gasteiger partial charge on any atom is 0.161 e. The van der Waals surface area contributed by atoms with Gasteiger partial charge >= 0.3 is 0 Å². The fourth-order valence-electron chi connectivity index (χ4n) is 2.19. The lowest BCUT2D eigenvalue weighted by molar-refractivity contribution is -0.695. The maximum atomic E-state index is 5.31. The molecular formula is C12H18NO2+. The van der Waals surface area contributed by atoms with E-state index in [4.69, 9.17) is 9.47 Å². The number of methoxy groups -OCH3 is 2. The van der Waals surface area contributed by atoms with Gasteiger partial charge in [-0.25, -0.2) is 0 Å². The second-order valence-electron chi connectivity index (χ2n) is 3.97. The van der Waals surface area contributed by atoms with E-state index in [9.17, 15) is 0 Å². The number of rotatable bonds is 2. The van der Waals surface area contributed by atoms with Crippen LogP contribution in [0.5, 0.6) is 11.5 Å². The highest BCUT2D eigenvalue weighted by molar-refractivity contribution is 5.48. The van der Waals surface area contributed by atoms with E-state index in [-0.39, 0.29) is 0 Å². The smallest absolute Gasteiger partial charge is 0.161 e. The van der Waals surface area contributed by atoms with Crippen LogP contribution >= 0.6 is 0 Å². The summed E-state index contributed by atoms with van der Waals surface area (Å²) in [5, 5.41) is 2.36. The van der Waals surface area contributed by atoms with Crippen molar-refractivity contribution in [2.75, 3.05) is 20.8 Å². The minimum Gasteiger partial charge on any atom is -0.493 e. The Kier molecular flexibility index (Phi) is 2.82. The molecule has 0 amide bonds. The Labute approximate surface area is 90.4 Å². The summed E-state index contributed by atoms with van der Waals surface area (Å²) >= 11 is 0. The number of quaternary nitrogens is 1. The van der Waals surface area contributed by atoms with E-state index in [0.29, 0.717) is 6.04 Å². The predicted octanol–water partition coefficient (Wildman–Crippen LogP) is 0.884. The van der Waals surface area contributed by atoms with Crippen LogP contribution in [0.1, 0.15) is 24.1 Å². The highest BCUT2D eigenvalue weighted by atomic mass is 16.5. The minimum absolute atomic E-state index is 0.522. The van der Waals surface area contributed by atoms with Crippen LogP contribution in [0.3, 0.4) is 0 Å². The first kappa shape index (κ1) is 10.3. The first-order valence-corrected chi connectivity index (χ1v) is 5.34. The van der Waals surface area contributed by atoms with Crippen molar-refractivity contribution in [1.29, 1.82) is 0 Å². The van der Waals surface area contributed by atoms with Gasteiger partial charge in [0.05, 0.1) is 20.8 Å². The first-order valence-electron chi connectivity index (χ1n) is 5.34. The molecule has 82 valence electrons. The Morgan fingerprint density at radius 3 is 2.53 bits per heavy atom. The summed E-state index contributed by atoms with van der Waals surface area (Å²) in [6.07, 6.45) is 1.11. The van der Waals surface area contributed by atoms with Crippen molar-refractivity contribution < 1.29 is 14.8 Å². The molecule has 2 rings (SSSR count). The number of ether oxygens (including phenoxy) is 2. The highest BCUT2D eigenvalue weighted by Gasteiger charge is 2.21. The van der Waals surface area contributed by atoms with Gasteiger partial charge in [0.1, 0.15) is 6.04 Å². The molecule has 0 radical (unpaired) electrons. The summed E-state index contributed by atoms with van der Waals surface area (Å²) in [6, 6.07) is 4.74. The average molecular weight is 208 g/mol. The Morgan fingerprint density at radius 1 is 1.20 bits per heavy atom. The summed E-state index contributed by atoms with van der Waals surface area (Å²) in [5.41, 5.74) is 2.77. The maximum absolute atomic E-state index is 5.31. The molecule has 0 spiro atoms. The van der Waals surface area contributed by atoms with Crippen molar-refractivity contribution in [3.63, 3.8) is 0 Å². The Morgan fingerprint density at radius 2 is 1.87 bits per heavy atom. The van der Waals surface area contributed by atoms with Gasteiger partial charge in [0.25, 0.3) is 0 Å². The Hall–Kier alpha value is -1.22. The van der Waals surface area contributed by atoms with Crippen molar-refractivity contribution in [3.8, 4) is 11.5 Å². The lowest BCUT2D eigenvalue weighted by Crippen LogP contribution is -2.86. The second-order valence-corrected chi connectivity index (χ2v) is 3.97. The molecule has 0 aliphatic carbocycles. The average Bonchev–Trinajstić information content (AvgIpc) is 2.28. The van der Waals surface area contributed by atoms with Gasteiger partial charge in [-0.15, -0.1) is 0 Å². The number of hydrogen-bond donors (Lipinski definition) is 1. The lowest BCUT2D eigenvalue weighted by Gasteiger charge is -2.22. The molecule has 2 N–H and O–H groups in total. The Balaban J connectivity index is 2.48. The van der Waals surface area contributed by atoms with E-state index in [2.05, 4.69) is 24.4 Å². The third-order valence-electron chi connectivity index (χ3n) is 3.07. The van der Waals surface area contributed by atoms with Crippen LogP contribution in [-0.4, -0.2) is 20.8 Å². The monoisotopic (exact) mass is 208 g/mol. The van der Waals surface area contributed by atoms with Crippen LogP contribution in [-0.2, 0) is 6.42 Å². The topological polar surface area (TPSA) is 35.1 Å². The van der Waals surface area contributed by atoms with Crippen molar-refractivity contribution in [2.45, 2.75) is 19.4 Å². The fraction of sp³-hybridized carbons (Fsp3) is 0.500. The lowest BCUT2D eigenvalue weighted by atomic mass is 9.94. The SMILES string of the molecule is COc1cc2c(cc1OC)[C@H](C)[NH2+]CC2. The third kappa shape index (κ3) is 1.79. The van der Waals surface area contributed by atoms with Gasteiger partial charge in [-0.3, -0.25) is 0 Å². The highest BCUT2D eigenvalue weighted by Crippen LogP contribution is 2.33. The first-order chi connectivity index (χ1) is 7.26. The van der Waals surface area contributed by atoms with Gasteiger partial charge in [0, 0.05) is 12.0 Å². The molecule has 0 unspecified atom stereocenters. The van der Waals surface area contributed by atoms with E-state index in [1.54, 1.807) is 14.2 Å². The Bertz CT molecular complexity index is 363. The molecule has 1 aromatic carbocycles. The molecule has 0 saturated carbocycles. The molecule has 1 atom stereocenters. The van der Waals surface area contributed by atoms with Gasteiger partial charge in [-0.1, -0.05) is 0 Å².